The van der Waals surface area contributed by atoms with Crippen LogP contribution in [-0.2, 0) is 13.9 Å². The van der Waals surface area contributed by atoms with Crippen LogP contribution in [0, 0.1) is 11.8 Å². The molecule has 0 N–H and O–H groups in total. The first-order valence-electron chi connectivity index (χ1n) is 14.0. The Morgan fingerprint density at radius 1 is 0.972 bits per heavy atom. The number of hydrogen-bond donors (Lipinski definition) is 0. The second-order valence-electron chi connectivity index (χ2n) is 11.5. The number of rotatable bonds is 13. The number of benzene rings is 2. The summed E-state index contributed by atoms with van der Waals surface area (Å²) in [4.78, 5) is 0. The Bertz CT molecular complexity index is 845. The van der Waals surface area contributed by atoms with Gasteiger partial charge in [0.05, 0.1) is 6.61 Å². The first kappa shape index (κ1) is 28.8. The molecule has 0 aliphatic carbocycles. The molecule has 0 spiro atoms. The zero-order valence-electron chi connectivity index (χ0n) is 23.2. The maximum atomic E-state index is 7.00. The normalized spacial score (nSPS) is 18.9. The highest BCUT2D eigenvalue weighted by Crippen LogP contribution is 2.36. The second kappa shape index (κ2) is 14.3. The summed E-state index contributed by atoms with van der Waals surface area (Å²) in [6.07, 6.45) is 11.4. The van der Waals surface area contributed by atoms with Crippen molar-refractivity contribution in [3.05, 3.63) is 72.8 Å². The molecule has 3 nitrogen and oxygen atoms in total. The van der Waals surface area contributed by atoms with E-state index in [0.717, 1.165) is 45.5 Å². The van der Waals surface area contributed by atoms with E-state index in [1.807, 2.05) is 0 Å². The summed E-state index contributed by atoms with van der Waals surface area (Å²) < 4.78 is 18.7. The highest BCUT2D eigenvalue weighted by atomic mass is 28.4. The van der Waals surface area contributed by atoms with Crippen LogP contribution < -0.4 is 10.4 Å². The van der Waals surface area contributed by atoms with Gasteiger partial charge < -0.3 is 13.9 Å². The minimum atomic E-state index is -2.43. The van der Waals surface area contributed by atoms with Crippen LogP contribution in [-0.4, -0.2) is 34.4 Å². The van der Waals surface area contributed by atoms with Gasteiger partial charge in [0.15, 0.2) is 6.29 Å². The molecule has 0 aromatic heterocycles. The quantitative estimate of drug-likeness (QED) is 0.164. The van der Waals surface area contributed by atoms with E-state index in [1.165, 1.54) is 23.2 Å². The molecule has 3 rings (SSSR count). The van der Waals surface area contributed by atoms with Crippen molar-refractivity contribution in [2.45, 2.75) is 84.5 Å². The van der Waals surface area contributed by atoms with Gasteiger partial charge >= 0.3 is 0 Å². The van der Waals surface area contributed by atoms with Gasteiger partial charge in [-0.2, -0.15) is 0 Å². The first-order chi connectivity index (χ1) is 17.3. The first-order valence-corrected chi connectivity index (χ1v) is 15.9. The molecular weight excluding hydrogens is 460 g/mol. The molecule has 1 heterocycles. The molecule has 2 aromatic carbocycles. The van der Waals surface area contributed by atoms with Crippen LogP contribution >= 0.6 is 0 Å². The Hall–Kier alpha value is -1.72. The molecule has 36 heavy (non-hydrogen) atoms. The molecule has 0 amide bonds. The molecule has 0 saturated carbocycles. The van der Waals surface area contributed by atoms with Crippen LogP contribution in [0.15, 0.2) is 72.8 Å². The van der Waals surface area contributed by atoms with E-state index in [0.29, 0.717) is 11.8 Å². The van der Waals surface area contributed by atoms with Gasteiger partial charge in [0.25, 0.3) is 8.32 Å². The average Bonchev–Trinajstić information content (AvgIpc) is 2.88. The number of allylic oxidation sites excluding steroid dienone is 2. The molecule has 0 bridgehead atoms. The molecule has 1 fully saturated rings. The molecule has 1 saturated heterocycles. The predicted molar refractivity (Wildman–Crippen MR) is 154 cm³/mol. The van der Waals surface area contributed by atoms with E-state index in [1.54, 1.807) is 0 Å². The minimum Gasteiger partial charge on any atom is -0.407 e. The van der Waals surface area contributed by atoms with Crippen molar-refractivity contribution in [2.75, 3.05) is 19.8 Å². The number of hydrogen-bond acceptors (Lipinski definition) is 3. The molecule has 1 aliphatic rings. The van der Waals surface area contributed by atoms with Gasteiger partial charge in [-0.15, -0.1) is 0 Å². The van der Waals surface area contributed by atoms with Crippen LogP contribution in [0.25, 0.3) is 0 Å². The van der Waals surface area contributed by atoms with E-state index in [9.17, 15) is 0 Å². The van der Waals surface area contributed by atoms with Crippen molar-refractivity contribution in [2.24, 2.45) is 11.8 Å². The molecule has 2 aromatic rings. The number of unbranched alkanes of at least 4 members (excludes halogenated alkanes) is 1. The Balaban J connectivity index is 1.51. The lowest BCUT2D eigenvalue weighted by atomic mass is 9.97. The van der Waals surface area contributed by atoms with Crippen LogP contribution in [0.2, 0.25) is 5.04 Å². The second-order valence-corrected chi connectivity index (χ2v) is 15.8. The summed E-state index contributed by atoms with van der Waals surface area (Å²) in [5.74, 6) is 1.09. The van der Waals surface area contributed by atoms with Gasteiger partial charge in [0, 0.05) is 13.2 Å². The summed E-state index contributed by atoms with van der Waals surface area (Å²) in [6.45, 7) is 14.0. The van der Waals surface area contributed by atoms with Crippen molar-refractivity contribution in [3.63, 3.8) is 0 Å². The molecule has 0 radical (unpaired) electrons. The molecule has 198 valence electrons. The maximum Gasteiger partial charge on any atom is 0.261 e. The lowest BCUT2D eigenvalue weighted by Crippen LogP contribution is -2.66. The van der Waals surface area contributed by atoms with Crippen LogP contribution in [0.1, 0.15) is 73.1 Å². The van der Waals surface area contributed by atoms with E-state index in [4.69, 9.17) is 13.9 Å². The summed E-state index contributed by atoms with van der Waals surface area (Å²) >= 11 is 0. The van der Waals surface area contributed by atoms with Crippen LogP contribution in [0.3, 0.4) is 0 Å². The van der Waals surface area contributed by atoms with Gasteiger partial charge in [-0.05, 0) is 65.8 Å². The molecule has 3 atom stereocenters. The summed E-state index contributed by atoms with van der Waals surface area (Å²) in [5.41, 5.74) is 0. The van der Waals surface area contributed by atoms with Gasteiger partial charge in [0.2, 0.25) is 0 Å². The minimum absolute atomic E-state index is 0.0163. The molecule has 4 heteroatoms. The molecule has 1 aliphatic heterocycles. The van der Waals surface area contributed by atoms with Crippen molar-refractivity contribution in [1.82, 2.24) is 0 Å². The fourth-order valence-corrected chi connectivity index (χ4v) is 10.0. The van der Waals surface area contributed by atoms with Crippen molar-refractivity contribution < 1.29 is 13.9 Å². The Kier molecular flexibility index (Phi) is 11.4. The molecular formula is C32H48O3Si. The van der Waals surface area contributed by atoms with E-state index in [-0.39, 0.29) is 11.3 Å². The van der Waals surface area contributed by atoms with Gasteiger partial charge in [0.1, 0.15) is 0 Å². The average molecular weight is 509 g/mol. The Morgan fingerprint density at radius 2 is 1.61 bits per heavy atom. The highest BCUT2D eigenvalue weighted by molar-refractivity contribution is 6.99. The topological polar surface area (TPSA) is 27.7 Å². The monoisotopic (exact) mass is 508 g/mol. The van der Waals surface area contributed by atoms with Crippen molar-refractivity contribution in [1.29, 1.82) is 0 Å². The van der Waals surface area contributed by atoms with Crippen molar-refractivity contribution >= 4 is 18.7 Å². The van der Waals surface area contributed by atoms with E-state index >= 15 is 0 Å². The third-order valence-electron chi connectivity index (χ3n) is 7.19. The smallest absolute Gasteiger partial charge is 0.261 e. The largest absolute Gasteiger partial charge is 0.407 e. The summed E-state index contributed by atoms with van der Waals surface area (Å²) in [6, 6.07) is 21.8. The van der Waals surface area contributed by atoms with Gasteiger partial charge in [-0.1, -0.05) is 107 Å². The zero-order chi connectivity index (χ0) is 25.9. The fraction of sp³-hybridized carbons (Fsp3) is 0.562. The Labute approximate surface area is 221 Å². The Morgan fingerprint density at radius 3 is 2.17 bits per heavy atom. The summed E-state index contributed by atoms with van der Waals surface area (Å²) in [5, 5.41) is 2.73. The van der Waals surface area contributed by atoms with Gasteiger partial charge in [-0.25, -0.2) is 0 Å². The third-order valence-corrected chi connectivity index (χ3v) is 12.2. The number of ether oxygens (including phenoxy) is 2. The summed E-state index contributed by atoms with van der Waals surface area (Å²) in [7, 11) is -2.43. The van der Waals surface area contributed by atoms with Gasteiger partial charge in [-0.3, -0.25) is 0 Å². The van der Waals surface area contributed by atoms with E-state index in [2.05, 4.69) is 107 Å². The molecule has 1 unspecified atom stereocenters. The standard InChI is InChI=1S/C32H48O3Si/c1-27(25-28(2)26-34-31-22-14-16-23-33-31)17-9-8-15-24-35-36(32(3,4)5,29-18-10-6-11-19-29)30-20-12-7-13-21-30/h6-7,9-13,17-21,27-28,31H,8,14-16,22-26H2,1-5H3/b17-9+/t27-,28-,31?/m0/s1. The maximum absolute atomic E-state index is 7.00. The predicted octanol–water partition coefficient (Wildman–Crippen LogP) is 7.10. The fourth-order valence-electron chi connectivity index (χ4n) is 5.41. The highest BCUT2D eigenvalue weighted by Gasteiger charge is 2.49. The van der Waals surface area contributed by atoms with E-state index < -0.39 is 8.32 Å². The lowest BCUT2D eigenvalue weighted by Gasteiger charge is -2.43. The zero-order valence-corrected chi connectivity index (χ0v) is 24.2. The van der Waals surface area contributed by atoms with Crippen LogP contribution in [0.5, 0.6) is 0 Å². The third kappa shape index (κ3) is 8.14. The van der Waals surface area contributed by atoms with Crippen LogP contribution in [0.4, 0.5) is 0 Å². The lowest BCUT2D eigenvalue weighted by molar-refractivity contribution is -0.168. The van der Waals surface area contributed by atoms with Crippen molar-refractivity contribution in [3.8, 4) is 0 Å². The SMILES string of the molecule is C[C@H](COC1CCCCO1)C[C@@H](C)/C=C/CCCO[Si](c1ccccc1)(c1ccccc1)C(C)(C)C.